The summed E-state index contributed by atoms with van der Waals surface area (Å²) in [7, 11) is 0. The molecular weight excluding hydrogens is 244 g/mol. The summed E-state index contributed by atoms with van der Waals surface area (Å²) >= 11 is 0. The summed E-state index contributed by atoms with van der Waals surface area (Å²) in [5.74, 6) is 0.932. The molecule has 112 valence electrons. The molecule has 0 spiro atoms. The summed E-state index contributed by atoms with van der Waals surface area (Å²) in [5.41, 5.74) is 2.74. The first kappa shape index (κ1) is 15.4. The Morgan fingerprint density at radius 1 is 1.00 bits per heavy atom. The van der Waals surface area contributed by atoms with Crippen molar-refractivity contribution in [2.75, 3.05) is 18.0 Å². The smallest absolute Gasteiger partial charge is 0.0366 e. The van der Waals surface area contributed by atoms with Crippen LogP contribution in [0.3, 0.4) is 0 Å². The molecule has 1 N–H and O–H groups in total. The van der Waals surface area contributed by atoms with E-state index in [2.05, 4.69) is 55.3 Å². The van der Waals surface area contributed by atoms with E-state index in [1.54, 1.807) is 0 Å². The zero-order valence-corrected chi connectivity index (χ0v) is 13.4. The summed E-state index contributed by atoms with van der Waals surface area (Å²) in [5, 5.41) is 3.72. The van der Waals surface area contributed by atoms with E-state index in [9.17, 15) is 0 Å². The van der Waals surface area contributed by atoms with Gasteiger partial charge >= 0.3 is 0 Å². The minimum Gasteiger partial charge on any atom is -0.372 e. The Morgan fingerprint density at radius 2 is 1.60 bits per heavy atom. The third kappa shape index (κ3) is 4.24. The van der Waals surface area contributed by atoms with E-state index in [-0.39, 0.29) is 0 Å². The van der Waals surface area contributed by atoms with Gasteiger partial charge in [0.2, 0.25) is 0 Å². The van der Waals surface area contributed by atoms with Crippen LogP contribution in [0.25, 0.3) is 0 Å². The van der Waals surface area contributed by atoms with Crippen molar-refractivity contribution in [2.24, 2.45) is 5.92 Å². The molecule has 1 aromatic carbocycles. The predicted molar refractivity (Wildman–Crippen MR) is 88.3 cm³/mol. The molecular formula is C18H30N2. The van der Waals surface area contributed by atoms with Gasteiger partial charge in [-0.15, -0.1) is 0 Å². The number of hydrogen-bond acceptors (Lipinski definition) is 2. The Bertz CT molecular complexity index is 373. The summed E-state index contributed by atoms with van der Waals surface area (Å²) < 4.78 is 0. The van der Waals surface area contributed by atoms with E-state index in [1.165, 1.54) is 36.9 Å². The Hall–Kier alpha value is -1.02. The molecule has 1 saturated carbocycles. The number of nitrogens with one attached hydrogen (secondary N) is 1. The van der Waals surface area contributed by atoms with Crippen LogP contribution in [-0.2, 0) is 6.54 Å². The lowest BCUT2D eigenvalue weighted by Crippen LogP contribution is -2.32. The summed E-state index contributed by atoms with van der Waals surface area (Å²) in [4.78, 5) is 2.39. The van der Waals surface area contributed by atoms with Gasteiger partial charge in [-0.2, -0.15) is 0 Å². The summed E-state index contributed by atoms with van der Waals surface area (Å²) in [6.45, 7) is 9.97. The zero-order chi connectivity index (χ0) is 14.4. The van der Waals surface area contributed by atoms with Crippen LogP contribution < -0.4 is 10.2 Å². The van der Waals surface area contributed by atoms with Crippen LogP contribution in [0.5, 0.6) is 0 Å². The molecule has 2 heteroatoms. The standard InChI is InChI=1S/C18H30N2/c1-4-20(5-2)18-12-8-16(9-13-18)14-19-17-10-6-15(3)7-11-17/h8-9,12-13,15,17,19H,4-7,10-11,14H2,1-3H3. The van der Waals surface area contributed by atoms with Gasteiger partial charge in [-0.3, -0.25) is 0 Å². The van der Waals surface area contributed by atoms with E-state index in [0.717, 1.165) is 31.6 Å². The molecule has 0 bridgehead atoms. The maximum absolute atomic E-state index is 3.72. The Labute approximate surface area is 124 Å². The number of anilines is 1. The quantitative estimate of drug-likeness (QED) is 0.836. The van der Waals surface area contributed by atoms with Crippen LogP contribution in [-0.4, -0.2) is 19.1 Å². The molecule has 2 nitrogen and oxygen atoms in total. The van der Waals surface area contributed by atoms with Crippen LogP contribution in [0, 0.1) is 5.92 Å². The van der Waals surface area contributed by atoms with Gasteiger partial charge in [-0.25, -0.2) is 0 Å². The first-order chi connectivity index (χ1) is 9.72. The fraction of sp³-hybridized carbons (Fsp3) is 0.667. The van der Waals surface area contributed by atoms with Crippen LogP contribution in [0.4, 0.5) is 5.69 Å². The predicted octanol–water partition coefficient (Wildman–Crippen LogP) is 4.20. The Morgan fingerprint density at radius 3 is 2.15 bits per heavy atom. The zero-order valence-electron chi connectivity index (χ0n) is 13.4. The first-order valence-electron chi connectivity index (χ1n) is 8.30. The maximum atomic E-state index is 3.72. The minimum absolute atomic E-state index is 0.730. The van der Waals surface area contributed by atoms with Crippen molar-refractivity contribution >= 4 is 5.69 Å². The fourth-order valence-corrected chi connectivity index (χ4v) is 3.14. The van der Waals surface area contributed by atoms with Gasteiger partial charge in [-0.1, -0.05) is 19.1 Å². The van der Waals surface area contributed by atoms with Crippen molar-refractivity contribution in [3.05, 3.63) is 29.8 Å². The fourth-order valence-electron chi connectivity index (χ4n) is 3.14. The monoisotopic (exact) mass is 274 g/mol. The van der Waals surface area contributed by atoms with Gasteiger partial charge in [0.15, 0.2) is 0 Å². The van der Waals surface area contributed by atoms with Crippen molar-refractivity contribution in [3.63, 3.8) is 0 Å². The summed E-state index contributed by atoms with van der Waals surface area (Å²) in [6.07, 6.45) is 5.47. The number of benzene rings is 1. The molecule has 1 aromatic rings. The molecule has 1 aliphatic rings. The molecule has 0 radical (unpaired) electrons. The average Bonchev–Trinajstić information content (AvgIpc) is 2.49. The number of nitrogens with zero attached hydrogens (tertiary/aromatic N) is 1. The molecule has 0 saturated heterocycles. The normalized spacial score (nSPS) is 22.8. The molecule has 2 rings (SSSR count). The molecule has 20 heavy (non-hydrogen) atoms. The van der Waals surface area contributed by atoms with Gasteiger partial charge in [0.05, 0.1) is 0 Å². The second-order valence-electron chi connectivity index (χ2n) is 6.18. The molecule has 0 aliphatic heterocycles. The largest absolute Gasteiger partial charge is 0.372 e. The molecule has 0 amide bonds. The molecule has 0 heterocycles. The van der Waals surface area contributed by atoms with Crippen LogP contribution in [0.1, 0.15) is 52.0 Å². The average molecular weight is 274 g/mol. The lowest BCUT2D eigenvalue weighted by Gasteiger charge is -2.27. The number of hydrogen-bond donors (Lipinski definition) is 1. The lowest BCUT2D eigenvalue weighted by atomic mass is 9.87. The van der Waals surface area contributed by atoms with Crippen molar-refractivity contribution in [2.45, 2.75) is 59.0 Å². The van der Waals surface area contributed by atoms with Crippen LogP contribution in [0.15, 0.2) is 24.3 Å². The van der Waals surface area contributed by atoms with Crippen molar-refractivity contribution in [1.82, 2.24) is 5.32 Å². The second-order valence-corrected chi connectivity index (χ2v) is 6.18. The van der Waals surface area contributed by atoms with Crippen LogP contribution in [0.2, 0.25) is 0 Å². The molecule has 1 fully saturated rings. The Balaban J connectivity index is 1.81. The lowest BCUT2D eigenvalue weighted by molar-refractivity contribution is 0.306. The third-order valence-electron chi connectivity index (χ3n) is 4.68. The minimum atomic E-state index is 0.730. The highest BCUT2D eigenvalue weighted by atomic mass is 15.1. The SMILES string of the molecule is CCN(CC)c1ccc(CNC2CCC(C)CC2)cc1. The van der Waals surface area contributed by atoms with E-state index in [1.807, 2.05) is 0 Å². The van der Waals surface area contributed by atoms with Crippen molar-refractivity contribution < 1.29 is 0 Å². The molecule has 1 aliphatic carbocycles. The van der Waals surface area contributed by atoms with E-state index < -0.39 is 0 Å². The van der Waals surface area contributed by atoms with Gasteiger partial charge in [0.25, 0.3) is 0 Å². The molecule has 0 atom stereocenters. The Kier molecular flexibility index (Phi) is 5.90. The third-order valence-corrected chi connectivity index (χ3v) is 4.68. The van der Waals surface area contributed by atoms with Gasteiger partial charge in [0.1, 0.15) is 0 Å². The number of rotatable bonds is 6. The van der Waals surface area contributed by atoms with Gasteiger partial charge in [0, 0.05) is 31.4 Å². The topological polar surface area (TPSA) is 15.3 Å². The van der Waals surface area contributed by atoms with Crippen LogP contribution >= 0.6 is 0 Å². The highest BCUT2D eigenvalue weighted by Gasteiger charge is 2.17. The first-order valence-corrected chi connectivity index (χ1v) is 8.30. The maximum Gasteiger partial charge on any atom is 0.0366 e. The van der Waals surface area contributed by atoms with Crippen molar-refractivity contribution in [3.8, 4) is 0 Å². The molecule has 0 aromatic heterocycles. The van der Waals surface area contributed by atoms with Crippen molar-refractivity contribution in [1.29, 1.82) is 0 Å². The summed E-state index contributed by atoms with van der Waals surface area (Å²) in [6, 6.07) is 9.78. The van der Waals surface area contributed by atoms with E-state index in [4.69, 9.17) is 0 Å². The van der Waals surface area contributed by atoms with Gasteiger partial charge in [-0.05, 0) is 63.1 Å². The van der Waals surface area contributed by atoms with Gasteiger partial charge < -0.3 is 10.2 Å². The van der Waals surface area contributed by atoms with E-state index >= 15 is 0 Å². The van der Waals surface area contributed by atoms with E-state index in [0.29, 0.717) is 0 Å². The second kappa shape index (κ2) is 7.68. The highest BCUT2D eigenvalue weighted by molar-refractivity contribution is 5.47. The highest BCUT2D eigenvalue weighted by Crippen LogP contribution is 2.23. The molecule has 0 unspecified atom stereocenters.